The van der Waals surface area contributed by atoms with Gasteiger partial charge in [-0.1, -0.05) is 91.0 Å². The molecule has 0 saturated heterocycles. The van der Waals surface area contributed by atoms with Crippen LogP contribution in [-0.4, -0.2) is 4.98 Å². The molecule has 2 nitrogen and oxygen atoms in total. The summed E-state index contributed by atoms with van der Waals surface area (Å²) in [6.45, 7) is 0. The van der Waals surface area contributed by atoms with E-state index in [1.165, 1.54) is 48.0 Å². The van der Waals surface area contributed by atoms with Crippen molar-refractivity contribution >= 4 is 37.2 Å². The summed E-state index contributed by atoms with van der Waals surface area (Å²) in [5.41, 5.74) is 16.0. The Morgan fingerprint density at radius 1 is 0.500 bits per heavy atom. The molecule has 0 spiro atoms. The highest BCUT2D eigenvalue weighted by Crippen LogP contribution is 2.41. The number of nitrogen functional groups attached to an aromatic ring is 1. The smallest absolute Gasteiger partial charge is 0.0708 e. The average molecular weight is 505 g/mol. The summed E-state index contributed by atoms with van der Waals surface area (Å²) in [6.07, 6.45) is 1.90. The number of pyridine rings is 1. The minimum atomic E-state index is 0.784. The maximum absolute atomic E-state index is 5.93. The molecule has 2 aromatic heterocycles. The second kappa shape index (κ2) is 9.29. The van der Waals surface area contributed by atoms with Gasteiger partial charge in [0.05, 0.1) is 5.69 Å². The van der Waals surface area contributed by atoms with Crippen molar-refractivity contribution in [2.75, 3.05) is 5.73 Å². The molecular weight excluding hydrogens is 480 g/mol. The molecule has 5 aromatic carbocycles. The van der Waals surface area contributed by atoms with E-state index < -0.39 is 0 Å². The first-order valence-electron chi connectivity index (χ1n) is 12.7. The standard InChI is InChI=1S/C35H24N2S/c36-29-15-12-23(13-16-29)30-10-5-11-32-31-17-14-27(22-34(31)38-35(30)32)25-8-4-9-26(20-25)28-18-19-37-33(21-28)24-6-2-1-3-7-24/h1-22H,36H2. The number of hydrogen-bond acceptors (Lipinski definition) is 3. The molecule has 180 valence electrons. The van der Waals surface area contributed by atoms with Crippen LogP contribution in [0.5, 0.6) is 0 Å². The Morgan fingerprint density at radius 3 is 2.00 bits per heavy atom. The van der Waals surface area contributed by atoms with Crippen LogP contribution >= 0.6 is 11.3 Å². The van der Waals surface area contributed by atoms with Crippen molar-refractivity contribution in [3.8, 4) is 44.6 Å². The van der Waals surface area contributed by atoms with Gasteiger partial charge in [0.15, 0.2) is 0 Å². The van der Waals surface area contributed by atoms with Crippen molar-refractivity contribution in [3.05, 3.63) is 134 Å². The molecule has 2 heterocycles. The van der Waals surface area contributed by atoms with Crippen molar-refractivity contribution in [1.29, 1.82) is 0 Å². The third kappa shape index (κ3) is 4.03. The topological polar surface area (TPSA) is 38.9 Å². The summed E-state index contributed by atoms with van der Waals surface area (Å²) in [4.78, 5) is 4.60. The quantitative estimate of drug-likeness (QED) is 0.242. The number of rotatable bonds is 4. The molecule has 0 aliphatic rings. The Bertz CT molecular complexity index is 1920. The number of nitrogens with zero attached hydrogens (tertiary/aromatic N) is 1. The third-order valence-corrected chi connectivity index (χ3v) is 8.28. The first-order chi connectivity index (χ1) is 18.7. The van der Waals surface area contributed by atoms with Crippen LogP contribution < -0.4 is 5.73 Å². The summed E-state index contributed by atoms with van der Waals surface area (Å²) < 4.78 is 2.60. The van der Waals surface area contributed by atoms with Crippen molar-refractivity contribution in [2.24, 2.45) is 0 Å². The van der Waals surface area contributed by atoms with E-state index in [4.69, 9.17) is 5.73 Å². The van der Waals surface area contributed by atoms with E-state index in [2.05, 4.69) is 102 Å². The number of fused-ring (bicyclic) bond motifs is 3. The first-order valence-corrected chi connectivity index (χ1v) is 13.5. The van der Waals surface area contributed by atoms with Crippen molar-refractivity contribution in [2.45, 2.75) is 0 Å². The van der Waals surface area contributed by atoms with Gasteiger partial charge in [-0.3, -0.25) is 4.98 Å². The van der Waals surface area contributed by atoms with E-state index >= 15 is 0 Å². The predicted molar refractivity (Wildman–Crippen MR) is 163 cm³/mol. The average Bonchev–Trinajstić information content (AvgIpc) is 3.36. The first kappa shape index (κ1) is 22.5. The second-order valence-electron chi connectivity index (χ2n) is 9.49. The zero-order chi connectivity index (χ0) is 25.5. The molecule has 0 bridgehead atoms. The van der Waals surface area contributed by atoms with Crippen LogP contribution in [0.15, 0.2) is 134 Å². The molecule has 0 aliphatic carbocycles. The zero-order valence-electron chi connectivity index (χ0n) is 20.6. The Kier molecular flexibility index (Phi) is 5.49. The summed E-state index contributed by atoms with van der Waals surface area (Å²) in [5.74, 6) is 0. The van der Waals surface area contributed by atoms with Crippen molar-refractivity contribution in [3.63, 3.8) is 0 Å². The van der Waals surface area contributed by atoms with Crippen LogP contribution in [0.4, 0.5) is 5.69 Å². The summed E-state index contributed by atoms with van der Waals surface area (Å²) in [7, 11) is 0. The normalized spacial score (nSPS) is 11.3. The van der Waals surface area contributed by atoms with Gasteiger partial charge in [-0.05, 0) is 69.8 Å². The van der Waals surface area contributed by atoms with Gasteiger partial charge in [0.1, 0.15) is 0 Å². The highest BCUT2D eigenvalue weighted by molar-refractivity contribution is 7.26. The fraction of sp³-hybridized carbons (Fsp3) is 0. The van der Waals surface area contributed by atoms with Gasteiger partial charge in [0, 0.05) is 37.6 Å². The highest BCUT2D eigenvalue weighted by atomic mass is 32.1. The molecule has 38 heavy (non-hydrogen) atoms. The molecule has 0 saturated carbocycles. The van der Waals surface area contributed by atoms with Crippen molar-refractivity contribution < 1.29 is 0 Å². The molecule has 0 unspecified atom stereocenters. The maximum atomic E-state index is 5.93. The molecular formula is C35H24N2S. The lowest BCUT2D eigenvalue weighted by Gasteiger charge is -2.08. The lowest BCUT2D eigenvalue weighted by molar-refractivity contribution is 1.33. The lowest BCUT2D eigenvalue weighted by Crippen LogP contribution is -1.86. The van der Waals surface area contributed by atoms with Gasteiger partial charge in [0.2, 0.25) is 0 Å². The molecule has 3 heteroatoms. The maximum Gasteiger partial charge on any atom is 0.0708 e. The van der Waals surface area contributed by atoms with Gasteiger partial charge < -0.3 is 5.73 Å². The SMILES string of the molecule is Nc1ccc(-c2cccc3c2sc2cc(-c4cccc(-c5ccnc(-c6ccccc6)c5)c4)ccc23)cc1. The predicted octanol–water partition coefficient (Wildman–Crippen LogP) is 9.70. The second-order valence-corrected chi connectivity index (χ2v) is 10.5. The monoisotopic (exact) mass is 504 g/mol. The van der Waals surface area contributed by atoms with Crippen LogP contribution in [0, 0.1) is 0 Å². The number of hydrogen-bond donors (Lipinski definition) is 1. The Morgan fingerprint density at radius 2 is 1.18 bits per heavy atom. The molecule has 0 atom stereocenters. The van der Waals surface area contributed by atoms with Gasteiger partial charge in [-0.15, -0.1) is 11.3 Å². The van der Waals surface area contributed by atoms with Crippen LogP contribution in [0.25, 0.3) is 64.8 Å². The number of anilines is 1. The molecule has 2 N–H and O–H groups in total. The van der Waals surface area contributed by atoms with Crippen LogP contribution in [0.2, 0.25) is 0 Å². The van der Waals surface area contributed by atoms with Crippen LogP contribution in [-0.2, 0) is 0 Å². The Labute approximate surface area is 225 Å². The van der Waals surface area contributed by atoms with E-state index in [0.29, 0.717) is 0 Å². The minimum absolute atomic E-state index is 0.784. The fourth-order valence-corrected chi connectivity index (χ4v) is 6.40. The van der Waals surface area contributed by atoms with E-state index in [9.17, 15) is 0 Å². The number of thiophene rings is 1. The van der Waals surface area contributed by atoms with E-state index in [0.717, 1.165) is 22.5 Å². The molecule has 0 amide bonds. The van der Waals surface area contributed by atoms with E-state index in [-0.39, 0.29) is 0 Å². The number of nitrogens with two attached hydrogens (primary N) is 1. The fourth-order valence-electron chi connectivity index (χ4n) is 5.12. The van der Waals surface area contributed by atoms with E-state index in [1.54, 1.807) is 0 Å². The number of benzene rings is 5. The van der Waals surface area contributed by atoms with Crippen molar-refractivity contribution in [1.82, 2.24) is 4.98 Å². The van der Waals surface area contributed by atoms with E-state index in [1.807, 2.05) is 47.9 Å². The molecule has 7 rings (SSSR count). The summed E-state index contributed by atoms with van der Waals surface area (Å²) in [6, 6.07) is 44.9. The number of aromatic nitrogens is 1. The lowest BCUT2D eigenvalue weighted by atomic mass is 9.97. The van der Waals surface area contributed by atoms with Gasteiger partial charge >= 0.3 is 0 Å². The summed E-state index contributed by atoms with van der Waals surface area (Å²) >= 11 is 1.86. The van der Waals surface area contributed by atoms with Gasteiger partial charge in [-0.2, -0.15) is 0 Å². The Hall–Kier alpha value is -4.73. The highest BCUT2D eigenvalue weighted by Gasteiger charge is 2.12. The van der Waals surface area contributed by atoms with Gasteiger partial charge in [0.25, 0.3) is 0 Å². The molecule has 0 aliphatic heterocycles. The van der Waals surface area contributed by atoms with Gasteiger partial charge in [-0.25, -0.2) is 0 Å². The molecule has 0 fully saturated rings. The van der Waals surface area contributed by atoms with Crippen LogP contribution in [0.1, 0.15) is 0 Å². The Balaban J connectivity index is 1.29. The molecule has 7 aromatic rings. The summed E-state index contributed by atoms with van der Waals surface area (Å²) in [5, 5.41) is 2.59. The minimum Gasteiger partial charge on any atom is -0.399 e. The van der Waals surface area contributed by atoms with Crippen LogP contribution in [0.3, 0.4) is 0 Å². The zero-order valence-corrected chi connectivity index (χ0v) is 21.5. The molecule has 0 radical (unpaired) electrons. The third-order valence-electron chi connectivity index (χ3n) is 7.08. The largest absolute Gasteiger partial charge is 0.399 e.